The fourth-order valence-corrected chi connectivity index (χ4v) is 3.87. The van der Waals surface area contributed by atoms with E-state index in [-0.39, 0.29) is 23.6 Å². The van der Waals surface area contributed by atoms with Crippen molar-refractivity contribution in [1.29, 1.82) is 0 Å². The Morgan fingerprint density at radius 3 is 2.70 bits per heavy atom. The highest BCUT2D eigenvalue weighted by Gasteiger charge is 2.32. The predicted molar refractivity (Wildman–Crippen MR) is 95.6 cm³/mol. The number of furan rings is 1. The molecule has 0 radical (unpaired) electrons. The highest BCUT2D eigenvalue weighted by molar-refractivity contribution is 5.90. The number of piperazine rings is 1. The molecule has 0 aliphatic carbocycles. The number of piperidine rings is 1. The fraction of sp³-hybridized carbons (Fsp3) is 0.556. The third-order valence-electron chi connectivity index (χ3n) is 5.31. The van der Waals surface area contributed by atoms with Crippen molar-refractivity contribution >= 4 is 11.8 Å². The van der Waals surface area contributed by atoms with Crippen molar-refractivity contribution in [3.05, 3.63) is 36.3 Å². The number of aromatic nitrogens is 3. The van der Waals surface area contributed by atoms with E-state index in [1.54, 1.807) is 11.2 Å². The first kappa shape index (κ1) is 17.7. The molecule has 144 valence electrons. The maximum Gasteiger partial charge on any atom is 0.291 e. The lowest BCUT2D eigenvalue weighted by Crippen LogP contribution is -2.53. The van der Waals surface area contributed by atoms with Crippen LogP contribution in [0.15, 0.2) is 29.1 Å². The molecule has 2 saturated heterocycles. The molecule has 2 aromatic heterocycles. The molecular weight excluding hydrogens is 348 g/mol. The number of hydrogen-bond acceptors (Lipinski definition) is 6. The molecule has 2 fully saturated rings. The molecule has 0 bridgehead atoms. The van der Waals surface area contributed by atoms with Gasteiger partial charge in [0.2, 0.25) is 11.7 Å². The van der Waals surface area contributed by atoms with Gasteiger partial charge in [0.1, 0.15) is 12.1 Å². The van der Waals surface area contributed by atoms with Crippen LogP contribution in [0.25, 0.3) is 0 Å². The number of aromatic amines is 1. The van der Waals surface area contributed by atoms with Crippen LogP contribution in [0.4, 0.5) is 0 Å². The number of nitrogens with one attached hydrogen (secondary N) is 1. The molecule has 4 heterocycles. The van der Waals surface area contributed by atoms with Gasteiger partial charge in [0, 0.05) is 32.7 Å². The molecule has 2 aliphatic heterocycles. The Bertz CT molecular complexity index is 752. The summed E-state index contributed by atoms with van der Waals surface area (Å²) in [6.45, 7) is 4.67. The first-order chi connectivity index (χ1) is 13.2. The Hall–Kier alpha value is -2.68. The zero-order chi connectivity index (χ0) is 18.6. The Morgan fingerprint density at radius 2 is 2.00 bits per heavy atom. The Balaban J connectivity index is 1.29. The summed E-state index contributed by atoms with van der Waals surface area (Å²) in [5, 5.41) is 6.31. The lowest BCUT2D eigenvalue weighted by atomic mass is 9.96. The normalized spacial score (nSPS) is 21.4. The third kappa shape index (κ3) is 4.02. The number of H-pyrrole nitrogens is 1. The van der Waals surface area contributed by atoms with Crippen LogP contribution in [-0.4, -0.2) is 81.0 Å². The fourth-order valence-electron chi connectivity index (χ4n) is 3.87. The molecule has 2 amide bonds. The first-order valence-corrected chi connectivity index (χ1v) is 9.39. The summed E-state index contributed by atoms with van der Waals surface area (Å²) in [6, 6.07) is 3.86. The van der Waals surface area contributed by atoms with E-state index in [1.165, 1.54) is 6.33 Å². The highest BCUT2D eigenvalue weighted by Crippen LogP contribution is 2.21. The SMILES string of the molecule is O=C(c1ncn[nH]1)N1CCN(C(=O)[C@@H]2CCCN(Cc3ccco3)C2)CC1. The zero-order valence-corrected chi connectivity index (χ0v) is 15.2. The van der Waals surface area contributed by atoms with Crippen LogP contribution in [0.3, 0.4) is 0 Å². The van der Waals surface area contributed by atoms with E-state index in [1.807, 2.05) is 17.0 Å². The minimum atomic E-state index is -0.165. The average Bonchev–Trinajstić information content (AvgIpc) is 3.41. The summed E-state index contributed by atoms with van der Waals surface area (Å²) < 4.78 is 5.43. The molecule has 9 heteroatoms. The summed E-state index contributed by atoms with van der Waals surface area (Å²) in [5.74, 6) is 1.23. The molecule has 1 N–H and O–H groups in total. The van der Waals surface area contributed by atoms with Gasteiger partial charge in [-0.2, -0.15) is 5.10 Å². The topological polar surface area (TPSA) is 98.6 Å². The standard InChI is InChI=1S/C18H24N6O3/c25-17(14-3-1-5-22(11-14)12-15-4-2-10-27-15)23-6-8-24(9-7-23)18(26)16-19-13-20-21-16/h2,4,10,13-14H,1,3,5-9,11-12H2,(H,19,20,21)/t14-/m1/s1. The lowest BCUT2D eigenvalue weighted by Gasteiger charge is -2.38. The van der Waals surface area contributed by atoms with Crippen LogP contribution < -0.4 is 0 Å². The summed E-state index contributed by atoms with van der Waals surface area (Å²) in [7, 11) is 0. The number of likely N-dealkylation sites (tertiary alicyclic amines) is 1. The molecule has 0 spiro atoms. The quantitative estimate of drug-likeness (QED) is 0.844. The van der Waals surface area contributed by atoms with Gasteiger partial charge >= 0.3 is 0 Å². The molecular formula is C18H24N6O3. The Labute approximate surface area is 157 Å². The van der Waals surface area contributed by atoms with Gasteiger partial charge in [0.15, 0.2) is 0 Å². The maximum atomic E-state index is 13.0. The molecule has 2 aromatic rings. The smallest absolute Gasteiger partial charge is 0.291 e. The van der Waals surface area contributed by atoms with Crippen LogP contribution in [0, 0.1) is 5.92 Å². The van der Waals surface area contributed by atoms with Gasteiger partial charge in [-0.1, -0.05) is 0 Å². The number of nitrogens with zero attached hydrogens (tertiary/aromatic N) is 5. The van der Waals surface area contributed by atoms with E-state index in [2.05, 4.69) is 20.1 Å². The van der Waals surface area contributed by atoms with Crippen molar-refractivity contribution in [1.82, 2.24) is 29.9 Å². The van der Waals surface area contributed by atoms with Gasteiger partial charge in [-0.05, 0) is 31.5 Å². The minimum Gasteiger partial charge on any atom is -0.468 e. The summed E-state index contributed by atoms with van der Waals surface area (Å²) in [6.07, 6.45) is 4.94. The molecule has 2 aliphatic rings. The molecule has 1 atom stereocenters. The predicted octanol–water partition coefficient (Wildman–Crippen LogP) is 0.594. The highest BCUT2D eigenvalue weighted by atomic mass is 16.3. The lowest BCUT2D eigenvalue weighted by molar-refractivity contribution is -0.139. The van der Waals surface area contributed by atoms with Gasteiger partial charge < -0.3 is 14.2 Å². The second kappa shape index (κ2) is 7.91. The molecule has 0 unspecified atom stereocenters. The van der Waals surface area contributed by atoms with Crippen LogP contribution in [0.1, 0.15) is 29.2 Å². The summed E-state index contributed by atoms with van der Waals surface area (Å²) >= 11 is 0. The van der Waals surface area contributed by atoms with Gasteiger partial charge in [-0.25, -0.2) is 4.98 Å². The number of carbonyl (C=O) groups excluding carboxylic acids is 2. The van der Waals surface area contributed by atoms with Gasteiger partial charge in [-0.3, -0.25) is 19.6 Å². The van der Waals surface area contributed by atoms with Crippen LogP contribution in [-0.2, 0) is 11.3 Å². The van der Waals surface area contributed by atoms with Gasteiger partial charge in [0.05, 0.1) is 18.7 Å². The Morgan fingerprint density at radius 1 is 1.19 bits per heavy atom. The number of carbonyl (C=O) groups is 2. The Kier molecular flexibility index (Phi) is 5.19. The van der Waals surface area contributed by atoms with Crippen LogP contribution in [0.5, 0.6) is 0 Å². The van der Waals surface area contributed by atoms with Crippen molar-refractivity contribution in [3.8, 4) is 0 Å². The minimum absolute atomic E-state index is 0.0187. The van der Waals surface area contributed by atoms with Crippen molar-refractivity contribution < 1.29 is 14.0 Å². The monoisotopic (exact) mass is 372 g/mol. The van der Waals surface area contributed by atoms with E-state index >= 15 is 0 Å². The third-order valence-corrected chi connectivity index (χ3v) is 5.31. The van der Waals surface area contributed by atoms with Crippen molar-refractivity contribution in [2.24, 2.45) is 5.92 Å². The zero-order valence-electron chi connectivity index (χ0n) is 15.2. The second-order valence-corrected chi connectivity index (χ2v) is 7.11. The summed E-state index contributed by atoms with van der Waals surface area (Å²) in [4.78, 5) is 35.1. The van der Waals surface area contributed by atoms with E-state index in [0.29, 0.717) is 26.2 Å². The second-order valence-electron chi connectivity index (χ2n) is 7.11. The maximum absolute atomic E-state index is 13.0. The van der Waals surface area contributed by atoms with Crippen LogP contribution in [0.2, 0.25) is 0 Å². The number of amides is 2. The molecule has 4 rings (SSSR count). The molecule has 0 aromatic carbocycles. The van der Waals surface area contributed by atoms with Crippen molar-refractivity contribution in [3.63, 3.8) is 0 Å². The van der Waals surface area contributed by atoms with Gasteiger partial charge in [-0.15, -0.1) is 0 Å². The van der Waals surface area contributed by atoms with Crippen molar-refractivity contribution in [2.45, 2.75) is 19.4 Å². The van der Waals surface area contributed by atoms with E-state index in [4.69, 9.17) is 4.42 Å². The first-order valence-electron chi connectivity index (χ1n) is 9.39. The van der Waals surface area contributed by atoms with Gasteiger partial charge in [0.25, 0.3) is 5.91 Å². The molecule has 27 heavy (non-hydrogen) atoms. The van der Waals surface area contributed by atoms with Crippen molar-refractivity contribution in [2.75, 3.05) is 39.3 Å². The largest absolute Gasteiger partial charge is 0.468 e. The average molecular weight is 372 g/mol. The van der Waals surface area contributed by atoms with Crippen LogP contribution >= 0.6 is 0 Å². The molecule has 9 nitrogen and oxygen atoms in total. The van der Waals surface area contributed by atoms with E-state index in [0.717, 1.165) is 38.2 Å². The summed E-state index contributed by atoms with van der Waals surface area (Å²) in [5.41, 5.74) is 0. The number of rotatable bonds is 4. The van der Waals surface area contributed by atoms with E-state index in [9.17, 15) is 9.59 Å². The molecule has 0 saturated carbocycles. The van der Waals surface area contributed by atoms with E-state index < -0.39 is 0 Å². The number of hydrogen-bond donors (Lipinski definition) is 1.